The lowest BCUT2D eigenvalue weighted by Crippen LogP contribution is -2.13. The third kappa shape index (κ3) is 4.18. The molecule has 0 aliphatic heterocycles. The highest BCUT2D eigenvalue weighted by Gasteiger charge is 2.30. The second-order valence-corrected chi connectivity index (χ2v) is 3.42. The van der Waals surface area contributed by atoms with Gasteiger partial charge in [-0.1, -0.05) is 18.2 Å². The third-order valence-electron chi connectivity index (χ3n) is 1.22. The molecule has 0 radical (unpaired) electrons. The first kappa shape index (κ1) is 10.9. The van der Waals surface area contributed by atoms with Crippen LogP contribution in [0.25, 0.3) is 0 Å². The molecule has 14 heavy (non-hydrogen) atoms. The molecule has 0 heterocycles. The molecular formula is C8H7F3N2S. The van der Waals surface area contributed by atoms with Gasteiger partial charge in [0.25, 0.3) is 0 Å². The normalized spacial score (nSPS) is 12.9. The summed E-state index contributed by atoms with van der Waals surface area (Å²) in [4.78, 5) is 3.58. The number of alkyl halides is 3. The van der Waals surface area contributed by atoms with Crippen molar-refractivity contribution < 1.29 is 13.2 Å². The molecule has 1 aromatic carbocycles. The van der Waals surface area contributed by atoms with Crippen LogP contribution in [0.1, 0.15) is 0 Å². The summed E-state index contributed by atoms with van der Waals surface area (Å²) in [6.07, 6.45) is 0. The van der Waals surface area contributed by atoms with Gasteiger partial charge in [0.2, 0.25) is 0 Å². The standard InChI is InChI=1S/C8H7F3N2S/c9-8(10,11)14-7(12)13-6-4-2-1-3-5-6/h1-5H,(H2,12,13). The Kier molecular flexibility index (Phi) is 3.40. The Balaban J connectivity index is 2.70. The van der Waals surface area contributed by atoms with Gasteiger partial charge in [-0.05, 0) is 12.1 Å². The van der Waals surface area contributed by atoms with Crippen molar-refractivity contribution in [1.29, 1.82) is 0 Å². The summed E-state index contributed by atoms with van der Waals surface area (Å²) in [5, 5.41) is -0.510. The molecule has 0 aromatic heterocycles. The minimum atomic E-state index is -4.39. The summed E-state index contributed by atoms with van der Waals surface area (Å²) in [5.74, 6) is 0. The Bertz CT molecular complexity index is 321. The van der Waals surface area contributed by atoms with Gasteiger partial charge in [-0.25, -0.2) is 4.99 Å². The maximum Gasteiger partial charge on any atom is 0.449 e. The summed E-state index contributed by atoms with van der Waals surface area (Å²) in [6.45, 7) is 0. The Labute approximate surface area is 83.0 Å². The van der Waals surface area contributed by atoms with Crippen LogP contribution in [0.15, 0.2) is 35.3 Å². The van der Waals surface area contributed by atoms with Crippen molar-refractivity contribution >= 4 is 22.6 Å². The molecule has 1 aromatic rings. The number of benzene rings is 1. The number of halogens is 3. The van der Waals surface area contributed by atoms with Crippen molar-refractivity contribution in [2.45, 2.75) is 5.51 Å². The van der Waals surface area contributed by atoms with Gasteiger partial charge in [-0.2, -0.15) is 13.2 Å². The number of nitrogens with zero attached hydrogens (tertiary/aromatic N) is 1. The lowest BCUT2D eigenvalue weighted by atomic mass is 10.3. The number of thioether (sulfide) groups is 1. The minimum absolute atomic E-state index is 0.404. The van der Waals surface area contributed by atoms with Crippen LogP contribution in [0.4, 0.5) is 18.9 Å². The van der Waals surface area contributed by atoms with E-state index in [0.717, 1.165) is 0 Å². The Morgan fingerprint density at radius 2 is 1.79 bits per heavy atom. The molecule has 0 fully saturated rings. The Morgan fingerprint density at radius 3 is 2.29 bits per heavy atom. The largest absolute Gasteiger partial charge is 0.449 e. The van der Waals surface area contributed by atoms with Crippen LogP contribution in [0.3, 0.4) is 0 Å². The topological polar surface area (TPSA) is 38.4 Å². The van der Waals surface area contributed by atoms with E-state index in [1.54, 1.807) is 30.3 Å². The number of para-hydroxylation sites is 1. The smallest absolute Gasteiger partial charge is 0.378 e. The molecule has 0 aliphatic rings. The van der Waals surface area contributed by atoms with E-state index in [1.165, 1.54) is 0 Å². The van der Waals surface area contributed by atoms with E-state index >= 15 is 0 Å². The van der Waals surface area contributed by atoms with E-state index < -0.39 is 22.4 Å². The van der Waals surface area contributed by atoms with Crippen molar-refractivity contribution in [1.82, 2.24) is 0 Å². The zero-order valence-electron chi connectivity index (χ0n) is 6.95. The average molecular weight is 220 g/mol. The highest BCUT2D eigenvalue weighted by atomic mass is 32.2. The second kappa shape index (κ2) is 4.36. The van der Waals surface area contributed by atoms with Crippen LogP contribution in [0.2, 0.25) is 0 Å². The second-order valence-electron chi connectivity index (χ2n) is 2.33. The van der Waals surface area contributed by atoms with Gasteiger partial charge in [0.15, 0.2) is 5.17 Å². The first-order valence-electron chi connectivity index (χ1n) is 3.62. The molecule has 0 amide bonds. The van der Waals surface area contributed by atoms with Crippen LogP contribution < -0.4 is 5.73 Å². The maximum absolute atomic E-state index is 11.8. The fraction of sp³-hybridized carbons (Fsp3) is 0.125. The number of rotatable bonds is 1. The van der Waals surface area contributed by atoms with Crippen LogP contribution in [0.5, 0.6) is 0 Å². The highest BCUT2D eigenvalue weighted by molar-refractivity contribution is 8.14. The molecule has 0 unspecified atom stereocenters. The lowest BCUT2D eigenvalue weighted by Gasteiger charge is -2.03. The van der Waals surface area contributed by atoms with Gasteiger partial charge >= 0.3 is 5.51 Å². The Morgan fingerprint density at radius 1 is 1.21 bits per heavy atom. The number of amidine groups is 1. The predicted octanol–water partition coefficient (Wildman–Crippen LogP) is 2.89. The number of aliphatic imine (C=N–C) groups is 1. The molecule has 0 atom stereocenters. The molecule has 2 nitrogen and oxygen atoms in total. The molecular weight excluding hydrogens is 213 g/mol. The third-order valence-corrected chi connectivity index (χ3v) is 1.75. The van der Waals surface area contributed by atoms with E-state index in [2.05, 4.69) is 4.99 Å². The monoisotopic (exact) mass is 220 g/mol. The van der Waals surface area contributed by atoms with Gasteiger partial charge < -0.3 is 5.73 Å². The van der Waals surface area contributed by atoms with Crippen LogP contribution in [-0.4, -0.2) is 10.7 Å². The molecule has 0 saturated heterocycles. The van der Waals surface area contributed by atoms with Crippen molar-refractivity contribution in [2.75, 3.05) is 0 Å². The highest BCUT2D eigenvalue weighted by Crippen LogP contribution is 2.30. The van der Waals surface area contributed by atoms with E-state index in [4.69, 9.17) is 5.73 Å². The molecule has 0 bridgehead atoms. The first-order valence-corrected chi connectivity index (χ1v) is 4.44. The average Bonchev–Trinajstić information content (AvgIpc) is 2.02. The molecule has 0 aliphatic carbocycles. The van der Waals surface area contributed by atoms with E-state index in [-0.39, 0.29) is 0 Å². The maximum atomic E-state index is 11.8. The zero-order valence-corrected chi connectivity index (χ0v) is 7.77. The zero-order chi connectivity index (χ0) is 10.6. The summed E-state index contributed by atoms with van der Waals surface area (Å²) in [5.41, 5.74) is 1.10. The predicted molar refractivity (Wildman–Crippen MR) is 51.4 cm³/mol. The minimum Gasteiger partial charge on any atom is -0.378 e. The van der Waals surface area contributed by atoms with Gasteiger partial charge in [-0.15, -0.1) is 0 Å². The first-order chi connectivity index (χ1) is 6.47. The summed E-state index contributed by atoms with van der Waals surface area (Å²) < 4.78 is 35.4. The summed E-state index contributed by atoms with van der Waals surface area (Å²) in [6, 6.07) is 8.23. The van der Waals surface area contributed by atoms with Gasteiger partial charge in [-0.3, -0.25) is 0 Å². The van der Waals surface area contributed by atoms with Crippen LogP contribution in [-0.2, 0) is 0 Å². The fourth-order valence-electron chi connectivity index (χ4n) is 0.771. The van der Waals surface area contributed by atoms with Gasteiger partial charge in [0.1, 0.15) is 0 Å². The summed E-state index contributed by atoms with van der Waals surface area (Å²) >= 11 is -0.421. The van der Waals surface area contributed by atoms with E-state index in [1.807, 2.05) is 0 Å². The van der Waals surface area contributed by atoms with Crippen LogP contribution >= 0.6 is 11.8 Å². The molecule has 0 spiro atoms. The van der Waals surface area contributed by atoms with Crippen molar-refractivity contribution in [3.8, 4) is 0 Å². The van der Waals surface area contributed by atoms with Crippen molar-refractivity contribution in [3.05, 3.63) is 30.3 Å². The molecule has 76 valence electrons. The van der Waals surface area contributed by atoms with E-state index in [9.17, 15) is 13.2 Å². The Hall–Kier alpha value is -1.17. The number of hydrogen-bond acceptors (Lipinski definition) is 2. The SMILES string of the molecule is NC(=Nc1ccccc1)SC(F)(F)F. The molecule has 2 N–H and O–H groups in total. The fourth-order valence-corrected chi connectivity index (χ4v) is 1.16. The lowest BCUT2D eigenvalue weighted by molar-refractivity contribution is -0.0316. The number of hydrogen-bond donors (Lipinski definition) is 1. The van der Waals surface area contributed by atoms with E-state index in [0.29, 0.717) is 5.69 Å². The summed E-state index contributed by atoms with van der Waals surface area (Å²) in [7, 11) is 0. The van der Waals surface area contributed by atoms with Crippen molar-refractivity contribution in [2.24, 2.45) is 10.7 Å². The number of nitrogens with two attached hydrogens (primary N) is 1. The quantitative estimate of drug-likeness (QED) is 0.583. The van der Waals surface area contributed by atoms with Crippen LogP contribution in [0, 0.1) is 0 Å². The molecule has 0 saturated carbocycles. The van der Waals surface area contributed by atoms with Gasteiger partial charge in [0, 0.05) is 11.8 Å². The molecule has 6 heteroatoms. The van der Waals surface area contributed by atoms with Gasteiger partial charge in [0.05, 0.1) is 5.69 Å². The van der Waals surface area contributed by atoms with Crippen molar-refractivity contribution in [3.63, 3.8) is 0 Å². The molecule has 1 rings (SSSR count).